The Bertz CT molecular complexity index is 457. The first-order valence-electron chi connectivity index (χ1n) is 8.41. The van der Waals surface area contributed by atoms with Gasteiger partial charge in [0.2, 0.25) is 0 Å². The Hall–Kier alpha value is -1.22. The maximum atomic E-state index is 5.74. The summed E-state index contributed by atoms with van der Waals surface area (Å²) in [4.78, 5) is 5.27. The number of piperazine rings is 1. The summed E-state index contributed by atoms with van der Waals surface area (Å²) in [5.74, 6) is 0.970. The van der Waals surface area contributed by atoms with Gasteiger partial charge >= 0.3 is 0 Å². The van der Waals surface area contributed by atoms with E-state index in [1.807, 2.05) is 0 Å². The molecule has 3 heteroatoms. The normalized spacial score (nSPS) is 26.8. The van der Waals surface area contributed by atoms with Crippen LogP contribution < -0.4 is 9.64 Å². The zero-order valence-corrected chi connectivity index (χ0v) is 13.6. The Balaban J connectivity index is 1.70. The van der Waals surface area contributed by atoms with Crippen molar-refractivity contribution in [3.63, 3.8) is 0 Å². The fourth-order valence-corrected chi connectivity index (χ4v) is 3.70. The highest BCUT2D eigenvalue weighted by Gasteiger charge is 2.32. The van der Waals surface area contributed by atoms with Crippen LogP contribution in [-0.4, -0.2) is 42.7 Å². The molecule has 3 rings (SSSR count). The predicted molar refractivity (Wildman–Crippen MR) is 88.2 cm³/mol. The van der Waals surface area contributed by atoms with Crippen molar-refractivity contribution in [3.8, 4) is 5.75 Å². The third-order valence-electron chi connectivity index (χ3n) is 4.73. The Kier molecular flexibility index (Phi) is 4.39. The molecule has 2 fully saturated rings. The Morgan fingerprint density at radius 3 is 2.57 bits per heavy atom. The van der Waals surface area contributed by atoms with Crippen LogP contribution in [0.3, 0.4) is 0 Å². The van der Waals surface area contributed by atoms with E-state index in [1.54, 1.807) is 0 Å². The number of ether oxygens (including phenoxy) is 1. The van der Waals surface area contributed by atoms with E-state index in [0.29, 0.717) is 6.04 Å². The van der Waals surface area contributed by atoms with Gasteiger partial charge in [0.25, 0.3) is 0 Å². The lowest BCUT2D eigenvalue weighted by molar-refractivity contribution is 0.115. The van der Waals surface area contributed by atoms with E-state index in [9.17, 15) is 0 Å². The van der Waals surface area contributed by atoms with E-state index in [4.69, 9.17) is 4.74 Å². The number of piperidine rings is 1. The van der Waals surface area contributed by atoms with E-state index in [-0.39, 0.29) is 6.10 Å². The summed E-state index contributed by atoms with van der Waals surface area (Å²) in [6.45, 7) is 10.2. The van der Waals surface area contributed by atoms with Gasteiger partial charge in [-0.15, -0.1) is 0 Å². The molecule has 0 N–H and O–H groups in total. The lowest BCUT2D eigenvalue weighted by atomic mass is 9.96. The van der Waals surface area contributed by atoms with Crippen LogP contribution in [0, 0.1) is 0 Å². The van der Waals surface area contributed by atoms with Gasteiger partial charge in [-0.3, -0.25) is 4.90 Å². The summed E-state index contributed by atoms with van der Waals surface area (Å²) < 4.78 is 5.74. The van der Waals surface area contributed by atoms with E-state index in [2.05, 4.69) is 54.8 Å². The largest absolute Gasteiger partial charge is 0.491 e. The smallest absolute Gasteiger partial charge is 0.119 e. The quantitative estimate of drug-likeness (QED) is 0.846. The first kappa shape index (κ1) is 14.7. The fraction of sp³-hybridized carbons (Fsp3) is 0.667. The average Bonchev–Trinajstić information content (AvgIpc) is 2.47. The molecule has 3 nitrogen and oxygen atoms in total. The van der Waals surface area contributed by atoms with Gasteiger partial charge in [0.05, 0.1) is 6.10 Å². The Morgan fingerprint density at radius 2 is 1.86 bits per heavy atom. The van der Waals surface area contributed by atoms with Crippen LogP contribution in [0.25, 0.3) is 0 Å². The van der Waals surface area contributed by atoms with Gasteiger partial charge in [-0.25, -0.2) is 0 Å². The summed E-state index contributed by atoms with van der Waals surface area (Å²) in [5, 5.41) is 0. The van der Waals surface area contributed by atoms with E-state index in [0.717, 1.165) is 11.8 Å². The van der Waals surface area contributed by atoms with Gasteiger partial charge in [0.1, 0.15) is 5.75 Å². The molecule has 2 aliphatic rings. The van der Waals surface area contributed by atoms with Crippen LogP contribution in [0.15, 0.2) is 24.3 Å². The monoisotopic (exact) mass is 288 g/mol. The number of nitrogens with zero attached hydrogens (tertiary/aromatic N) is 2. The van der Waals surface area contributed by atoms with E-state index < -0.39 is 0 Å². The van der Waals surface area contributed by atoms with Gasteiger partial charge < -0.3 is 9.64 Å². The second kappa shape index (κ2) is 6.27. The van der Waals surface area contributed by atoms with Gasteiger partial charge in [0, 0.05) is 30.9 Å². The summed E-state index contributed by atoms with van der Waals surface area (Å²) in [5.41, 5.74) is 1.34. The molecule has 0 spiro atoms. The number of fused-ring (bicyclic) bond motifs is 1. The topological polar surface area (TPSA) is 15.7 Å². The molecule has 2 aliphatic heterocycles. The molecule has 21 heavy (non-hydrogen) atoms. The van der Waals surface area contributed by atoms with Crippen LogP contribution in [0.4, 0.5) is 5.69 Å². The third kappa shape index (κ3) is 3.34. The molecule has 2 saturated heterocycles. The average molecular weight is 288 g/mol. The third-order valence-corrected chi connectivity index (χ3v) is 4.73. The highest BCUT2D eigenvalue weighted by molar-refractivity contribution is 5.50. The molecule has 2 unspecified atom stereocenters. The number of anilines is 1. The minimum absolute atomic E-state index is 0.237. The highest BCUT2D eigenvalue weighted by Crippen LogP contribution is 2.29. The second-order valence-electron chi connectivity index (χ2n) is 6.81. The van der Waals surface area contributed by atoms with Crippen LogP contribution in [-0.2, 0) is 0 Å². The summed E-state index contributed by atoms with van der Waals surface area (Å²) in [6, 6.07) is 9.99. The molecular weight excluding hydrogens is 260 g/mol. The lowest BCUT2D eigenvalue weighted by Gasteiger charge is -2.48. The van der Waals surface area contributed by atoms with Gasteiger partial charge in [-0.1, -0.05) is 6.42 Å². The van der Waals surface area contributed by atoms with Crippen molar-refractivity contribution in [2.45, 2.75) is 58.2 Å². The summed E-state index contributed by atoms with van der Waals surface area (Å²) in [6.07, 6.45) is 4.37. The van der Waals surface area contributed by atoms with Crippen LogP contribution >= 0.6 is 0 Å². The Morgan fingerprint density at radius 1 is 1.10 bits per heavy atom. The number of rotatable bonds is 3. The van der Waals surface area contributed by atoms with Crippen LogP contribution in [0.2, 0.25) is 0 Å². The van der Waals surface area contributed by atoms with Crippen molar-refractivity contribution >= 4 is 5.69 Å². The van der Waals surface area contributed by atoms with Crippen molar-refractivity contribution in [3.05, 3.63) is 24.3 Å². The van der Waals surface area contributed by atoms with Crippen LogP contribution in [0.1, 0.15) is 40.0 Å². The van der Waals surface area contributed by atoms with Crippen molar-refractivity contribution in [1.82, 2.24) is 4.90 Å². The molecule has 0 aromatic heterocycles. The molecule has 0 radical (unpaired) electrons. The zero-order chi connectivity index (χ0) is 14.8. The molecule has 0 bridgehead atoms. The lowest BCUT2D eigenvalue weighted by Crippen LogP contribution is -2.58. The number of benzene rings is 1. The van der Waals surface area contributed by atoms with Crippen molar-refractivity contribution in [2.75, 3.05) is 24.5 Å². The molecule has 0 aliphatic carbocycles. The number of hydrogen-bond donors (Lipinski definition) is 0. The molecular formula is C18H28N2O. The predicted octanol–water partition coefficient (Wildman–Crippen LogP) is 3.54. The van der Waals surface area contributed by atoms with Crippen molar-refractivity contribution in [1.29, 1.82) is 0 Å². The number of hydrogen-bond acceptors (Lipinski definition) is 3. The molecule has 0 saturated carbocycles. The van der Waals surface area contributed by atoms with E-state index in [1.165, 1.54) is 44.6 Å². The maximum absolute atomic E-state index is 5.74. The standard InChI is InChI=1S/C18H28N2O/c1-14(2)21-18-9-7-16(8-10-18)20-13-17-6-4-5-11-19(17)12-15(20)3/h7-10,14-15,17H,4-6,11-13H2,1-3H3. The van der Waals surface area contributed by atoms with Gasteiger partial charge in [0.15, 0.2) is 0 Å². The molecule has 2 heterocycles. The summed E-state index contributed by atoms with van der Waals surface area (Å²) >= 11 is 0. The maximum Gasteiger partial charge on any atom is 0.119 e. The Labute approximate surface area is 128 Å². The van der Waals surface area contributed by atoms with Crippen molar-refractivity contribution < 1.29 is 4.74 Å². The second-order valence-corrected chi connectivity index (χ2v) is 6.81. The minimum atomic E-state index is 0.237. The molecule has 116 valence electrons. The SMILES string of the molecule is CC(C)Oc1ccc(N2CC3CCCCN3CC2C)cc1. The molecule has 1 aromatic carbocycles. The fourth-order valence-electron chi connectivity index (χ4n) is 3.70. The molecule has 2 atom stereocenters. The summed E-state index contributed by atoms with van der Waals surface area (Å²) in [7, 11) is 0. The van der Waals surface area contributed by atoms with E-state index >= 15 is 0 Å². The molecule has 1 aromatic rings. The molecule has 0 amide bonds. The first-order chi connectivity index (χ1) is 10.1. The minimum Gasteiger partial charge on any atom is -0.491 e. The van der Waals surface area contributed by atoms with Crippen molar-refractivity contribution in [2.24, 2.45) is 0 Å². The van der Waals surface area contributed by atoms with Gasteiger partial charge in [-0.05, 0) is 64.4 Å². The van der Waals surface area contributed by atoms with Crippen LogP contribution in [0.5, 0.6) is 5.75 Å². The zero-order valence-electron chi connectivity index (χ0n) is 13.6. The first-order valence-corrected chi connectivity index (χ1v) is 8.41. The van der Waals surface area contributed by atoms with Gasteiger partial charge in [-0.2, -0.15) is 0 Å². The highest BCUT2D eigenvalue weighted by atomic mass is 16.5.